The summed E-state index contributed by atoms with van der Waals surface area (Å²) in [6, 6.07) is 25.8. The Labute approximate surface area is 171 Å². The number of hydrogen-bond donors (Lipinski definition) is 3. The van der Waals surface area contributed by atoms with E-state index in [1.165, 1.54) is 5.56 Å². The van der Waals surface area contributed by atoms with Gasteiger partial charge in [0, 0.05) is 28.9 Å². The van der Waals surface area contributed by atoms with Gasteiger partial charge in [-0.15, -0.1) is 0 Å². The molecule has 3 aromatic rings. The number of benzene rings is 3. The number of nitrogens with one attached hydrogen (secondary N) is 3. The van der Waals surface area contributed by atoms with E-state index in [9.17, 15) is 9.59 Å². The third-order valence-corrected chi connectivity index (χ3v) is 4.68. The van der Waals surface area contributed by atoms with Crippen LogP contribution in [0, 0.1) is 0 Å². The molecule has 148 valence electrons. The van der Waals surface area contributed by atoms with Gasteiger partial charge in [0.05, 0.1) is 0 Å². The molecule has 0 aliphatic carbocycles. The molecule has 0 bridgehead atoms. The lowest BCUT2D eigenvalue weighted by Gasteiger charge is -2.25. The van der Waals surface area contributed by atoms with E-state index in [2.05, 4.69) is 41.9 Å². The van der Waals surface area contributed by atoms with Crippen LogP contribution in [0.2, 0.25) is 0 Å². The topological polar surface area (TPSA) is 70.2 Å². The van der Waals surface area contributed by atoms with E-state index in [0.717, 1.165) is 0 Å². The second-order valence-corrected chi connectivity index (χ2v) is 7.46. The fourth-order valence-corrected chi connectivity index (χ4v) is 2.91. The van der Waals surface area contributed by atoms with Crippen LogP contribution in [0.3, 0.4) is 0 Å². The summed E-state index contributed by atoms with van der Waals surface area (Å²) in [4.78, 5) is 24.5. The van der Waals surface area contributed by atoms with E-state index in [1.807, 2.05) is 48.5 Å². The summed E-state index contributed by atoms with van der Waals surface area (Å²) in [5.74, 6) is -0.144. The molecular formula is C24H25N3O2. The maximum atomic E-state index is 12.5. The normalized spacial score (nSPS) is 10.8. The lowest BCUT2D eigenvalue weighted by molar-refractivity contribution is 0.0945. The summed E-state index contributed by atoms with van der Waals surface area (Å²) in [6.07, 6.45) is 0. The number of carbonyl (C=O) groups is 2. The Morgan fingerprint density at radius 2 is 1.24 bits per heavy atom. The van der Waals surface area contributed by atoms with Gasteiger partial charge in [0.25, 0.3) is 5.91 Å². The largest absolute Gasteiger partial charge is 0.351 e. The first kappa shape index (κ1) is 20.1. The van der Waals surface area contributed by atoms with Crippen molar-refractivity contribution in [3.8, 4) is 0 Å². The Hall–Kier alpha value is -3.60. The quantitative estimate of drug-likeness (QED) is 0.555. The molecule has 0 saturated carbocycles. The van der Waals surface area contributed by atoms with Crippen molar-refractivity contribution in [1.82, 2.24) is 5.32 Å². The molecule has 0 aliphatic heterocycles. The molecule has 0 atom stereocenters. The second kappa shape index (κ2) is 9.06. The first-order chi connectivity index (χ1) is 13.9. The van der Waals surface area contributed by atoms with Crippen LogP contribution < -0.4 is 16.0 Å². The minimum atomic E-state index is -0.335. The minimum Gasteiger partial charge on any atom is -0.351 e. The zero-order chi connectivity index (χ0) is 20.7. The van der Waals surface area contributed by atoms with E-state index in [4.69, 9.17) is 0 Å². The van der Waals surface area contributed by atoms with Crippen LogP contribution in [0.4, 0.5) is 16.2 Å². The van der Waals surface area contributed by atoms with Crippen molar-refractivity contribution in [2.45, 2.75) is 19.3 Å². The Bertz CT molecular complexity index is 952. The molecule has 0 saturated heterocycles. The SMILES string of the molecule is CC(C)(CNC(=O)c1ccc(NC(=O)Nc2ccccc2)cc1)c1ccccc1. The van der Waals surface area contributed by atoms with Crippen molar-refractivity contribution >= 4 is 23.3 Å². The average molecular weight is 387 g/mol. The van der Waals surface area contributed by atoms with Crippen molar-refractivity contribution < 1.29 is 9.59 Å². The lowest BCUT2D eigenvalue weighted by atomic mass is 9.84. The number of urea groups is 1. The maximum absolute atomic E-state index is 12.5. The summed E-state index contributed by atoms with van der Waals surface area (Å²) in [6.45, 7) is 4.72. The van der Waals surface area contributed by atoms with Crippen LogP contribution in [0.15, 0.2) is 84.9 Å². The molecule has 0 spiro atoms. The molecule has 0 radical (unpaired) electrons. The van der Waals surface area contributed by atoms with Crippen molar-refractivity contribution in [2.24, 2.45) is 0 Å². The smallest absolute Gasteiger partial charge is 0.323 e. The van der Waals surface area contributed by atoms with Crippen LogP contribution in [0.1, 0.15) is 29.8 Å². The highest BCUT2D eigenvalue weighted by Crippen LogP contribution is 2.22. The first-order valence-corrected chi connectivity index (χ1v) is 9.51. The molecule has 0 heterocycles. The number of para-hydroxylation sites is 1. The highest BCUT2D eigenvalue weighted by atomic mass is 16.2. The van der Waals surface area contributed by atoms with Crippen LogP contribution in [0.25, 0.3) is 0 Å². The van der Waals surface area contributed by atoms with Gasteiger partial charge >= 0.3 is 6.03 Å². The van der Waals surface area contributed by atoms with Gasteiger partial charge in [-0.05, 0) is 42.0 Å². The molecule has 29 heavy (non-hydrogen) atoms. The van der Waals surface area contributed by atoms with Crippen LogP contribution >= 0.6 is 0 Å². The van der Waals surface area contributed by atoms with E-state index in [-0.39, 0.29) is 17.4 Å². The van der Waals surface area contributed by atoms with Gasteiger partial charge in [-0.25, -0.2) is 4.79 Å². The molecule has 5 nitrogen and oxygen atoms in total. The fraction of sp³-hybridized carbons (Fsp3) is 0.167. The standard InChI is InChI=1S/C24H25N3O2/c1-24(2,19-9-5-3-6-10-19)17-25-22(28)18-13-15-21(16-14-18)27-23(29)26-20-11-7-4-8-12-20/h3-16H,17H2,1-2H3,(H,25,28)(H2,26,27,29). The van der Waals surface area contributed by atoms with Gasteiger partial charge in [-0.1, -0.05) is 62.4 Å². The van der Waals surface area contributed by atoms with Gasteiger partial charge in [0.1, 0.15) is 0 Å². The highest BCUT2D eigenvalue weighted by molar-refractivity contribution is 6.00. The van der Waals surface area contributed by atoms with Crippen LogP contribution in [-0.4, -0.2) is 18.5 Å². The van der Waals surface area contributed by atoms with E-state index in [0.29, 0.717) is 23.5 Å². The zero-order valence-corrected chi connectivity index (χ0v) is 16.6. The predicted molar refractivity (Wildman–Crippen MR) is 117 cm³/mol. The molecule has 3 N–H and O–H groups in total. The minimum absolute atomic E-state index is 0.144. The summed E-state index contributed by atoms with van der Waals surface area (Å²) < 4.78 is 0. The molecule has 0 unspecified atom stereocenters. The zero-order valence-electron chi connectivity index (χ0n) is 16.6. The van der Waals surface area contributed by atoms with Crippen LogP contribution in [-0.2, 0) is 5.41 Å². The monoisotopic (exact) mass is 387 g/mol. The molecule has 0 aliphatic rings. The molecule has 0 fully saturated rings. The fourth-order valence-electron chi connectivity index (χ4n) is 2.91. The summed E-state index contributed by atoms with van der Waals surface area (Å²) >= 11 is 0. The molecule has 3 aromatic carbocycles. The van der Waals surface area contributed by atoms with Gasteiger partial charge < -0.3 is 16.0 Å². The van der Waals surface area contributed by atoms with Gasteiger partial charge in [-0.3, -0.25) is 4.79 Å². The number of hydrogen-bond acceptors (Lipinski definition) is 2. The van der Waals surface area contributed by atoms with Crippen molar-refractivity contribution in [1.29, 1.82) is 0 Å². The number of anilines is 2. The molecule has 5 heteroatoms. The van der Waals surface area contributed by atoms with Gasteiger partial charge in [0.15, 0.2) is 0 Å². The first-order valence-electron chi connectivity index (χ1n) is 9.51. The van der Waals surface area contributed by atoms with E-state index >= 15 is 0 Å². The Balaban J connectivity index is 1.54. The van der Waals surface area contributed by atoms with E-state index < -0.39 is 0 Å². The molecular weight excluding hydrogens is 362 g/mol. The Morgan fingerprint density at radius 1 is 0.724 bits per heavy atom. The van der Waals surface area contributed by atoms with Crippen molar-refractivity contribution in [2.75, 3.05) is 17.2 Å². The molecule has 3 rings (SSSR count). The molecule has 3 amide bonds. The molecule has 0 aromatic heterocycles. The van der Waals surface area contributed by atoms with Crippen molar-refractivity contribution in [3.63, 3.8) is 0 Å². The Kier molecular flexibility index (Phi) is 6.29. The maximum Gasteiger partial charge on any atom is 0.323 e. The Morgan fingerprint density at radius 3 is 1.83 bits per heavy atom. The highest BCUT2D eigenvalue weighted by Gasteiger charge is 2.21. The summed E-state index contributed by atoms with van der Waals surface area (Å²) in [5, 5.41) is 8.50. The van der Waals surface area contributed by atoms with Gasteiger partial charge in [0.2, 0.25) is 0 Å². The third-order valence-electron chi connectivity index (χ3n) is 4.68. The predicted octanol–water partition coefficient (Wildman–Crippen LogP) is 5.04. The second-order valence-electron chi connectivity index (χ2n) is 7.46. The third kappa shape index (κ3) is 5.69. The van der Waals surface area contributed by atoms with Crippen molar-refractivity contribution in [3.05, 3.63) is 96.1 Å². The number of amides is 3. The number of rotatable bonds is 6. The van der Waals surface area contributed by atoms with Crippen LogP contribution in [0.5, 0.6) is 0 Å². The number of carbonyl (C=O) groups excluding carboxylic acids is 2. The van der Waals surface area contributed by atoms with E-state index in [1.54, 1.807) is 24.3 Å². The summed E-state index contributed by atoms with van der Waals surface area (Å²) in [5.41, 5.74) is 2.86. The average Bonchev–Trinajstić information content (AvgIpc) is 2.74. The lowest BCUT2D eigenvalue weighted by Crippen LogP contribution is -2.36. The summed E-state index contributed by atoms with van der Waals surface area (Å²) in [7, 11) is 0. The van der Waals surface area contributed by atoms with Gasteiger partial charge in [-0.2, -0.15) is 0 Å².